The van der Waals surface area contributed by atoms with Crippen LogP contribution in [-0.4, -0.2) is 67.4 Å². The maximum absolute atomic E-state index is 13.2. The number of fused-ring (bicyclic) bond motifs is 2. The number of esters is 1. The monoisotopic (exact) mass is 1020 g/mol. The Kier molecular flexibility index (Phi) is 15.4. The third-order valence-electron chi connectivity index (χ3n) is 8.34. The fourth-order valence-electron chi connectivity index (χ4n) is 5.95. The van der Waals surface area contributed by atoms with E-state index in [-0.39, 0.29) is 42.1 Å². The second-order valence-corrected chi connectivity index (χ2v) is 22.1. The Morgan fingerprint density at radius 1 is 0.774 bits per heavy atom. The number of aryl methyl sites for hydroxylation is 2. The highest BCUT2D eigenvalue weighted by Crippen LogP contribution is 2.47. The summed E-state index contributed by atoms with van der Waals surface area (Å²) in [5, 5.41) is 0.583. The Morgan fingerprint density at radius 2 is 1.23 bits per heavy atom. The van der Waals surface area contributed by atoms with E-state index in [9.17, 15) is 52.8 Å². The van der Waals surface area contributed by atoms with Crippen LogP contribution in [-0.2, 0) is 44.0 Å². The molecule has 1 aliphatic carbocycles. The molecule has 0 radical (unpaired) electrons. The fourth-order valence-corrected chi connectivity index (χ4v) is 9.58. The number of carbonyl (C=O) groups is 2. The van der Waals surface area contributed by atoms with Gasteiger partial charge in [-0.25, -0.2) is 14.8 Å². The summed E-state index contributed by atoms with van der Waals surface area (Å²) < 4.78 is 153. The molecule has 0 saturated heterocycles. The number of hydrogen-bond acceptors (Lipinski definition) is 15. The molecule has 62 heavy (non-hydrogen) atoms. The normalized spacial score (nSPS) is 15.2. The largest absolute Gasteiger partial charge is 0.534 e. The van der Waals surface area contributed by atoms with E-state index in [1.807, 2.05) is 6.08 Å². The Bertz CT molecular complexity index is 2610. The molecule has 2 heterocycles. The minimum atomic E-state index is -6.03. The first-order chi connectivity index (χ1) is 28.2. The van der Waals surface area contributed by atoms with E-state index in [1.165, 1.54) is 19.9 Å². The van der Waals surface area contributed by atoms with E-state index >= 15 is 0 Å². The van der Waals surface area contributed by atoms with Gasteiger partial charge in [-0.1, -0.05) is 6.08 Å². The molecule has 0 N–H and O–H groups in total. The van der Waals surface area contributed by atoms with Crippen LogP contribution in [0.3, 0.4) is 0 Å². The highest BCUT2D eigenvalue weighted by molar-refractivity contribution is 9.11. The molecule has 13 nitrogen and oxygen atoms in total. The summed E-state index contributed by atoms with van der Waals surface area (Å²) in [6.07, 6.45) is 1.72. The first-order valence-corrected chi connectivity index (χ1v) is 23.7. The second kappa shape index (κ2) is 18.6. The number of alkyl halides is 6. The standard InChI is InChI=1S/C21H24F3NO5S2.C17H19BrF3NO6S2/c1-11-10-14-18(31-19(25-14)13-8-6-7-9-13)17(30-32(27,28)21(22,23)24)15(11)16(12(2)26)29-20(3,4)5;1-6-26-14(23)12(27-16(3,4)5)10-8(2)7-9-13(29-15(18)22-9)11(10)28-30(24,25)17(19,20)21/h8,10,16H,6-7,9H2,1-5H3;7,12H,6H2,1-5H3/t16-;12-/m10/s1. The van der Waals surface area contributed by atoms with Crippen molar-refractivity contribution in [3.8, 4) is 11.5 Å². The van der Waals surface area contributed by atoms with Crippen LogP contribution in [0.25, 0.3) is 26.0 Å². The minimum absolute atomic E-state index is 0.00195. The summed E-state index contributed by atoms with van der Waals surface area (Å²) in [4.78, 5) is 33.7. The second-order valence-electron chi connectivity index (χ2n) is 15.7. The number of ketones is 1. The summed E-state index contributed by atoms with van der Waals surface area (Å²) in [6, 6.07) is 3.10. The van der Waals surface area contributed by atoms with Gasteiger partial charge in [-0.2, -0.15) is 43.2 Å². The molecular weight excluding hydrogens is 983 g/mol. The Balaban J connectivity index is 0.000000273. The van der Waals surface area contributed by atoms with E-state index in [2.05, 4.69) is 34.3 Å². The lowest BCUT2D eigenvalue weighted by atomic mass is 9.98. The molecule has 0 unspecified atom stereocenters. The van der Waals surface area contributed by atoms with Crippen LogP contribution in [0.4, 0.5) is 26.3 Å². The van der Waals surface area contributed by atoms with E-state index in [0.717, 1.165) is 47.5 Å². The number of allylic oxidation sites excluding steroid dienone is 2. The zero-order valence-corrected chi connectivity index (χ0v) is 39.7. The van der Waals surface area contributed by atoms with E-state index in [0.29, 0.717) is 16.1 Å². The number of thiazole rings is 2. The zero-order chi connectivity index (χ0) is 47.1. The van der Waals surface area contributed by atoms with Crippen LogP contribution in [0.2, 0.25) is 0 Å². The van der Waals surface area contributed by atoms with Gasteiger partial charge in [-0.3, -0.25) is 4.79 Å². The van der Waals surface area contributed by atoms with E-state index < -0.39 is 77.9 Å². The maximum atomic E-state index is 13.2. The quantitative estimate of drug-likeness (QED) is 0.0568. The number of aromatic nitrogens is 2. The smallest absolute Gasteiger partial charge is 0.464 e. The number of halogens is 7. The van der Waals surface area contributed by atoms with Crippen molar-refractivity contribution in [2.45, 2.75) is 123 Å². The third-order valence-corrected chi connectivity index (χ3v) is 12.9. The predicted molar refractivity (Wildman–Crippen MR) is 224 cm³/mol. The van der Waals surface area contributed by atoms with Crippen LogP contribution in [0.1, 0.15) is 114 Å². The topological polar surface area (TPSA) is 174 Å². The lowest BCUT2D eigenvalue weighted by Gasteiger charge is -2.28. The highest BCUT2D eigenvalue weighted by atomic mass is 79.9. The highest BCUT2D eigenvalue weighted by Gasteiger charge is 2.51. The molecule has 2 aromatic carbocycles. The Hall–Kier alpha value is -3.42. The van der Waals surface area contributed by atoms with Crippen molar-refractivity contribution in [2.75, 3.05) is 6.61 Å². The fraction of sp³-hybridized carbons (Fsp3) is 0.526. The Morgan fingerprint density at radius 3 is 1.65 bits per heavy atom. The minimum Gasteiger partial charge on any atom is -0.464 e. The lowest BCUT2D eigenvalue weighted by molar-refractivity contribution is -0.167. The van der Waals surface area contributed by atoms with Crippen molar-refractivity contribution < 1.29 is 75.3 Å². The molecule has 0 spiro atoms. The molecule has 2 atom stereocenters. The van der Waals surface area contributed by atoms with Gasteiger partial charge in [-0.05, 0) is 133 Å². The SMILES string of the molecule is CC(=O)[C@@H](OC(C)(C)C)c1c(C)cc2nc(C3=CCCC3)sc2c1OS(=O)(=O)C(F)(F)F.CCOC(=O)[C@@H](OC(C)(C)C)c1c(C)cc2nc(Br)sc2c1OS(=O)(=O)C(F)(F)F. The number of rotatable bonds is 12. The first kappa shape index (κ1) is 51.2. The predicted octanol–water partition coefficient (Wildman–Crippen LogP) is 10.9. The van der Waals surface area contributed by atoms with Crippen molar-refractivity contribution in [1.29, 1.82) is 0 Å². The van der Waals surface area contributed by atoms with Crippen LogP contribution in [0.15, 0.2) is 22.1 Å². The van der Waals surface area contributed by atoms with Crippen molar-refractivity contribution in [3.05, 3.63) is 49.4 Å². The average Bonchev–Trinajstić information content (AvgIpc) is 3.85. The molecule has 0 amide bonds. The number of ether oxygens (including phenoxy) is 3. The molecule has 344 valence electrons. The molecular formula is C38H43BrF6N2O11S4. The summed E-state index contributed by atoms with van der Waals surface area (Å²) in [5.41, 5.74) is -11.3. The van der Waals surface area contributed by atoms with Gasteiger partial charge in [-0.15, -0.1) is 22.7 Å². The molecule has 0 bridgehead atoms. The van der Waals surface area contributed by atoms with Crippen molar-refractivity contribution in [3.63, 3.8) is 0 Å². The number of hydrogen-bond donors (Lipinski definition) is 0. The summed E-state index contributed by atoms with van der Waals surface area (Å²) in [7, 11) is -12.0. The van der Waals surface area contributed by atoms with Gasteiger partial charge in [0, 0.05) is 11.1 Å². The van der Waals surface area contributed by atoms with Gasteiger partial charge in [0.05, 0.1) is 38.2 Å². The summed E-state index contributed by atoms with van der Waals surface area (Å²) in [6.45, 7) is 15.7. The lowest BCUT2D eigenvalue weighted by Crippen LogP contribution is -2.31. The number of carbonyl (C=O) groups excluding carboxylic acids is 2. The Labute approximate surface area is 370 Å². The third kappa shape index (κ3) is 12.0. The molecule has 2 aromatic heterocycles. The van der Waals surface area contributed by atoms with Gasteiger partial charge in [0.2, 0.25) is 0 Å². The van der Waals surface area contributed by atoms with Crippen LogP contribution >= 0.6 is 38.6 Å². The van der Waals surface area contributed by atoms with Gasteiger partial charge in [0.1, 0.15) is 11.1 Å². The molecule has 0 saturated carbocycles. The van der Waals surface area contributed by atoms with Gasteiger partial charge in [0.25, 0.3) is 0 Å². The molecule has 4 aromatic rings. The van der Waals surface area contributed by atoms with Crippen molar-refractivity contribution in [2.24, 2.45) is 0 Å². The van der Waals surface area contributed by atoms with Crippen LogP contribution in [0, 0.1) is 13.8 Å². The van der Waals surface area contributed by atoms with E-state index in [1.54, 1.807) is 61.5 Å². The van der Waals surface area contributed by atoms with Crippen LogP contribution in [0.5, 0.6) is 11.5 Å². The zero-order valence-electron chi connectivity index (χ0n) is 34.9. The first-order valence-electron chi connectivity index (χ1n) is 18.4. The molecule has 1 aliphatic rings. The van der Waals surface area contributed by atoms with Crippen molar-refractivity contribution in [1.82, 2.24) is 9.97 Å². The van der Waals surface area contributed by atoms with Crippen molar-refractivity contribution >= 4 is 96.6 Å². The number of nitrogens with zero attached hydrogens (tertiary/aromatic N) is 2. The number of benzene rings is 2. The van der Waals surface area contributed by atoms with Gasteiger partial charge < -0.3 is 22.6 Å². The maximum Gasteiger partial charge on any atom is 0.534 e. The number of Topliss-reactive ketones (excluding diaryl/α,β-unsaturated/α-hetero) is 1. The summed E-state index contributed by atoms with van der Waals surface area (Å²) >= 11 is 5.02. The molecule has 24 heteroatoms. The molecule has 0 aliphatic heterocycles. The van der Waals surface area contributed by atoms with E-state index in [4.69, 9.17) is 14.2 Å². The molecule has 5 rings (SSSR count). The van der Waals surface area contributed by atoms with Gasteiger partial charge >= 0.3 is 37.2 Å². The molecule has 0 fully saturated rings. The average molecular weight is 1030 g/mol. The summed E-state index contributed by atoms with van der Waals surface area (Å²) in [5.74, 6) is -2.63. The van der Waals surface area contributed by atoms with Crippen LogP contribution < -0.4 is 8.37 Å². The van der Waals surface area contributed by atoms with Gasteiger partial charge in [0.15, 0.2) is 27.3 Å².